The Kier molecular flexibility index (Phi) is 8.26. The van der Waals surface area contributed by atoms with Crippen LogP contribution < -0.4 is 5.32 Å². The normalized spacial score (nSPS) is 15.9. The maximum absolute atomic E-state index is 3.62. The molecule has 1 nitrogen and oxygen atoms in total. The Balaban J connectivity index is 3.38. The molecular weight excluding hydrogens is 170 g/mol. The molecule has 2 atom stereocenters. The molecule has 0 aliphatic heterocycles. The maximum Gasteiger partial charge on any atom is 0.00389 e. The SMILES string of the molecule is CCCC(C)CNC(C)CCC(C)C. The summed E-state index contributed by atoms with van der Waals surface area (Å²) in [6.45, 7) is 12.7. The van der Waals surface area contributed by atoms with E-state index in [1.165, 1.54) is 32.2 Å². The van der Waals surface area contributed by atoms with Gasteiger partial charge in [-0.25, -0.2) is 0 Å². The van der Waals surface area contributed by atoms with Gasteiger partial charge in [-0.05, 0) is 44.6 Å². The first kappa shape index (κ1) is 14.0. The van der Waals surface area contributed by atoms with E-state index in [1.807, 2.05) is 0 Å². The van der Waals surface area contributed by atoms with Crippen LogP contribution in [0.5, 0.6) is 0 Å². The Labute approximate surface area is 90.7 Å². The summed E-state index contributed by atoms with van der Waals surface area (Å²) < 4.78 is 0. The molecule has 0 aliphatic carbocycles. The molecular formula is C13H29N. The molecule has 0 aromatic carbocycles. The van der Waals surface area contributed by atoms with Gasteiger partial charge in [0, 0.05) is 6.04 Å². The van der Waals surface area contributed by atoms with Crippen LogP contribution in [0.25, 0.3) is 0 Å². The molecule has 0 fully saturated rings. The van der Waals surface area contributed by atoms with Gasteiger partial charge in [-0.2, -0.15) is 0 Å². The largest absolute Gasteiger partial charge is 0.314 e. The molecule has 0 aromatic heterocycles. The van der Waals surface area contributed by atoms with Gasteiger partial charge in [-0.3, -0.25) is 0 Å². The summed E-state index contributed by atoms with van der Waals surface area (Å²) in [5.41, 5.74) is 0. The third-order valence-electron chi connectivity index (χ3n) is 2.77. The molecule has 0 radical (unpaired) electrons. The summed E-state index contributed by atoms with van der Waals surface area (Å²) in [6.07, 6.45) is 5.32. The van der Waals surface area contributed by atoms with Crippen LogP contribution in [0.4, 0.5) is 0 Å². The predicted octanol–water partition coefficient (Wildman–Crippen LogP) is 3.84. The lowest BCUT2D eigenvalue weighted by Crippen LogP contribution is -2.30. The van der Waals surface area contributed by atoms with Crippen LogP contribution in [-0.2, 0) is 0 Å². The van der Waals surface area contributed by atoms with Crippen molar-refractivity contribution in [3.63, 3.8) is 0 Å². The van der Waals surface area contributed by atoms with E-state index in [4.69, 9.17) is 0 Å². The van der Waals surface area contributed by atoms with Gasteiger partial charge in [0.15, 0.2) is 0 Å². The molecule has 0 amide bonds. The van der Waals surface area contributed by atoms with E-state index in [2.05, 4.69) is 39.9 Å². The van der Waals surface area contributed by atoms with Gasteiger partial charge in [0.25, 0.3) is 0 Å². The summed E-state index contributed by atoms with van der Waals surface area (Å²) in [5, 5.41) is 3.62. The second kappa shape index (κ2) is 8.28. The molecule has 2 unspecified atom stereocenters. The third kappa shape index (κ3) is 8.55. The molecule has 0 bridgehead atoms. The van der Waals surface area contributed by atoms with Gasteiger partial charge in [-0.15, -0.1) is 0 Å². The van der Waals surface area contributed by atoms with Crippen molar-refractivity contribution in [1.29, 1.82) is 0 Å². The second-order valence-electron chi connectivity index (χ2n) is 5.17. The van der Waals surface area contributed by atoms with Crippen molar-refractivity contribution in [2.24, 2.45) is 11.8 Å². The van der Waals surface area contributed by atoms with E-state index < -0.39 is 0 Å². The standard InChI is InChI=1S/C13H29N/c1-6-7-12(4)10-14-13(5)9-8-11(2)3/h11-14H,6-10H2,1-5H3. The van der Waals surface area contributed by atoms with Gasteiger partial charge in [-0.1, -0.05) is 34.1 Å². The van der Waals surface area contributed by atoms with Crippen LogP contribution in [0.3, 0.4) is 0 Å². The van der Waals surface area contributed by atoms with Crippen LogP contribution >= 0.6 is 0 Å². The molecule has 86 valence electrons. The van der Waals surface area contributed by atoms with Crippen LogP contribution in [0, 0.1) is 11.8 Å². The van der Waals surface area contributed by atoms with Gasteiger partial charge in [0.05, 0.1) is 0 Å². The lowest BCUT2D eigenvalue weighted by molar-refractivity contribution is 0.403. The van der Waals surface area contributed by atoms with Gasteiger partial charge < -0.3 is 5.32 Å². The predicted molar refractivity (Wildman–Crippen MR) is 65.6 cm³/mol. The van der Waals surface area contributed by atoms with Crippen molar-refractivity contribution in [2.45, 2.75) is 66.3 Å². The molecule has 0 aliphatic rings. The Morgan fingerprint density at radius 2 is 1.57 bits per heavy atom. The van der Waals surface area contributed by atoms with E-state index in [0.29, 0.717) is 6.04 Å². The van der Waals surface area contributed by atoms with Crippen LogP contribution in [-0.4, -0.2) is 12.6 Å². The first-order chi connectivity index (χ1) is 6.56. The average molecular weight is 199 g/mol. The highest BCUT2D eigenvalue weighted by Crippen LogP contribution is 2.08. The summed E-state index contributed by atoms with van der Waals surface area (Å²) in [4.78, 5) is 0. The smallest absolute Gasteiger partial charge is 0.00389 e. The van der Waals surface area contributed by atoms with E-state index in [9.17, 15) is 0 Å². The summed E-state index contributed by atoms with van der Waals surface area (Å²) in [7, 11) is 0. The molecule has 0 aromatic rings. The van der Waals surface area contributed by atoms with E-state index in [-0.39, 0.29) is 0 Å². The quantitative estimate of drug-likeness (QED) is 0.626. The Hall–Kier alpha value is -0.0400. The summed E-state index contributed by atoms with van der Waals surface area (Å²) >= 11 is 0. The Morgan fingerprint density at radius 1 is 0.929 bits per heavy atom. The maximum atomic E-state index is 3.62. The molecule has 0 saturated carbocycles. The zero-order chi connectivity index (χ0) is 11.0. The minimum atomic E-state index is 0.691. The number of hydrogen-bond acceptors (Lipinski definition) is 1. The molecule has 1 heteroatoms. The zero-order valence-electron chi connectivity index (χ0n) is 10.8. The lowest BCUT2D eigenvalue weighted by atomic mass is 10.0. The molecule has 0 rings (SSSR count). The van der Waals surface area contributed by atoms with Crippen molar-refractivity contribution in [3.05, 3.63) is 0 Å². The van der Waals surface area contributed by atoms with Crippen molar-refractivity contribution < 1.29 is 0 Å². The van der Waals surface area contributed by atoms with Gasteiger partial charge in [0.1, 0.15) is 0 Å². The average Bonchev–Trinajstić information content (AvgIpc) is 2.12. The summed E-state index contributed by atoms with van der Waals surface area (Å²) in [6, 6.07) is 0.691. The van der Waals surface area contributed by atoms with Crippen molar-refractivity contribution in [3.8, 4) is 0 Å². The monoisotopic (exact) mass is 199 g/mol. The minimum absolute atomic E-state index is 0.691. The van der Waals surface area contributed by atoms with Gasteiger partial charge in [0.2, 0.25) is 0 Å². The van der Waals surface area contributed by atoms with Crippen LogP contribution in [0.2, 0.25) is 0 Å². The fraction of sp³-hybridized carbons (Fsp3) is 1.00. The second-order valence-corrected chi connectivity index (χ2v) is 5.17. The van der Waals surface area contributed by atoms with Crippen LogP contribution in [0.15, 0.2) is 0 Å². The Bertz CT molecular complexity index is 120. The highest BCUT2D eigenvalue weighted by molar-refractivity contribution is 4.64. The van der Waals surface area contributed by atoms with Crippen molar-refractivity contribution in [1.82, 2.24) is 5.32 Å². The first-order valence-corrected chi connectivity index (χ1v) is 6.29. The number of nitrogens with one attached hydrogen (secondary N) is 1. The molecule has 1 N–H and O–H groups in total. The van der Waals surface area contributed by atoms with E-state index in [0.717, 1.165) is 11.8 Å². The van der Waals surface area contributed by atoms with E-state index >= 15 is 0 Å². The molecule has 14 heavy (non-hydrogen) atoms. The first-order valence-electron chi connectivity index (χ1n) is 6.29. The topological polar surface area (TPSA) is 12.0 Å². The van der Waals surface area contributed by atoms with Gasteiger partial charge >= 0.3 is 0 Å². The zero-order valence-corrected chi connectivity index (χ0v) is 10.8. The molecule has 0 heterocycles. The highest BCUT2D eigenvalue weighted by Gasteiger charge is 2.05. The van der Waals surface area contributed by atoms with E-state index in [1.54, 1.807) is 0 Å². The lowest BCUT2D eigenvalue weighted by Gasteiger charge is -2.18. The molecule has 0 saturated heterocycles. The Morgan fingerprint density at radius 3 is 2.07 bits per heavy atom. The fourth-order valence-corrected chi connectivity index (χ4v) is 1.68. The minimum Gasteiger partial charge on any atom is -0.314 e. The highest BCUT2D eigenvalue weighted by atomic mass is 14.9. The summed E-state index contributed by atoms with van der Waals surface area (Å²) in [5.74, 6) is 1.67. The number of rotatable bonds is 8. The third-order valence-corrected chi connectivity index (χ3v) is 2.77. The molecule has 0 spiro atoms. The fourth-order valence-electron chi connectivity index (χ4n) is 1.68. The van der Waals surface area contributed by atoms with Crippen LogP contribution in [0.1, 0.15) is 60.3 Å². The number of hydrogen-bond donors (Lipinski definition) is 1. The van der Waals surface area contributed by atoms with Crippen molar-refractivity contribution >= 4 is 0 Å². The van der Waals surface area contributed by atoms with Crippen molar-refractivity contribution in [2.75, 3.05) is 6.54 Å².